The zero-order chi connectivity index (χ0) is 14.8. The Morgan fingerprint density at radius 3 is 2.55 bits per heavy atom. The number of nitrogens with zero attached hydrogens (tertiary/aromatic N) is 1. The average Bonchev–Trinajstić information content (AvgIpc) is 2.47. The van der Waals surface area contributed by atoms with Crippen LogP contribution in [0.2, 0.25) is 0 Å². The maximum atomic E-state index is 12.6. The van der Waals surface area contributed by atoms with Crippen LogP contribution in [0.25, 0.3) is 0 Å². The summed E-state index contributed by atoms with van der Waals surface area (Å²) < 4.78 is 31.5. The van der Waals surface area contributed by atoms with Crippen molar-refractivity contribution < 1.29 is 28.4 Å². The fourth-order valence-corrected chi connectivity index (χ4v) is 3.76. The second kappa shape index (κ2) is 5.78. The predicted molar refractivity (Wildman–Crippen MR) is 67.7 cm³/mol. The first-order valence-corrected chi connectivity index (χ1v) is 7.62. The van der Waals surface area contributed by atoms with E-state index in [9.17, 15) is 18.3 Å². The zero-order valence-electron chi connectivity index (χ0n) is 11.0. The zero-order valence-corrected chi connectivity index (χ0v) is 11.9. The molecule has 1 aromatic carbocycles. The molecule has 1 saturated heterocycles. The molecule has 0 spiro atoms. The molecule has 0 amide bonds. The molecule has 0 radical (unpaired) electrons. The monoisotopic (exact) mass is 300 g/mol. The summed E-state index contributed by atoms with van der Waals surface area (Å²) in [6.07, 6.45) is 0. The molecule has 2 N–H and O–H groups in total. The molecule has 0 saturated carbocycles. The van der Waals surface area contributed by atoms with Crippen molar-refractivity contribution in [1.29, 1.82) is 0 Å². The van der Waals surface area contributed by atoms with Crippen molar-refractivity contribution in [3.05, 3.63) is 23.8 Å². The minimum Gasteiger partial charge on any atom is -0.545 e. The van der Waals surface area contributed by atoms with Crippen LogP contribution in [-0.4, -0.2) is 52.0 Å². The van der Waals surface area contributed by atoms with E-state index in [0.29, 0.717) is 26.2 Å². The number of benzene rings is 1. The molecule has 1 aliphatic heterocycles. The third kappa shape index (κ3) is 2.77. The maximum Gasteiger partial charge on any atom is 0.247 e. The van der Waals surface area contributed by atoms with Gasteiger partial charge in [-0.1, -0.05) is 0 Å². The number of nitrogens with two attached hydrogens (primary N) is 1. The normalized spacial score (nSPS) is 16.9. The van der Waals surface area contributed by atoms with Gasteiger partial charge < -0.3 is 20.0 Å². The number of carbonyl (C=O) groups is 1. The van der Waals surface area contributed by atoms with E-state index in [1.807, 2.05) is 5.32 Å². The first-order valence-electron chi connectivity index (χ1n) is 6.18. The Bertz CT molecular complexity index is 608. The van der Waals surface area contributed by atoms with Gasteiger partial charge in [-0.3, -0.25) is 0 Å². The summed E-state index contributed by atoms with van der Waals surface area (Å²) in [7, 11) is -2.42. The lowest BCUT2D eigenvalue weighted by atomic mass is 10.2. The molecular weight excluding hydrogens is 284 g/mol. The van der Waals surface area contributed by atoms with Gasteiger partial charge in [0.2, 0.25) is 10.0 Å². The van der Waals surface area contributed by atoms with Gasteiger partial charge in [-0.2, -0.15) is 4.31 Å². The summed E-state index contributed by atoms with van der Waals surface area (Å²) >= 11 is 0. The SMILES string of the molecule is COc1ccc(C(=O)[O-])cc1S(=O)(=O)N1CC[NH2+]CC1. The first-order chi connectivity index (χ1) is 9.46. The summed E-state index contributed by atoms with van der Waals surface area (Å²) in [6.45, 7) is 2.14. The lowest BCUT2D eigenvalue weighted by molar-refractivity contribution is -0.661. The van der Waals surface area contributed by atoms with Gasteiger partial charge >= 0.3 is 0 Å². The van der Waals surface area contributed by atoms with Crippen LogP contribution in [0.1, 0.15) is 10.4 Å². The average molecular weight is 300 g/mol. The van der Waals surface area contributed by atoms with E-state index in [-0.39, 0.29) is 16.2 Å². The molecule has 7 nitrogen and oxygen atoms in total. The molecule has 0 aromatic heterocycles. The van der Waals surface area contributed by atoms with Crippen LogP contribution in [0.5, 0.6) is 5.75 Å². The molecule has 1 aromatic rings. The van der Waals surface area contributed by atoms with Crippen molar-refractivity contribution in [2.75, 3.05) is 33.3 Å². The number of carboxylic acids is 1. The molecule has 1 aliphatic rings. The van der Waals surface area contributed by atoms with Crippen LogP contribution >= 0.6 is 0 Å². The van der Waals surface area contributed by atoms with Crippen molar-refractivity contribution in [2.45, 2.75) is 4.90 Å². The van der Waals surface area contributed by atoms with Crippen LogP contribution in [-0.2, 0) is 10.0 Å². The molecule has 1 heterocycles. The molecule has 8 heteroatoms. The summed E-state index contributed by atoms with van der Waals surface area (Å²) in [5, 5.41) is 12.9. The molecule has 2 rings (SSSR count). The number of aromatic carboxylic acids is 1. The number of hydrogen-bond acceptors (Lipinski definition) is 5. The fourth-order valence-electron chi connectivity index (χ4n) is 2.11. The Kier molecular flexibility index (Phi) is 4.26. The Labute approximate surface area is 117 Å². The van der Waals surface area contributed by atoms with E-state index >= 15 is 0 Å². The summed E-state index contributed by atoms with van der Waals surface area (Å²) in [4.78, 5) is 10.8. The molecule has 0 aliphatic carbocycles. The Morgan fingerprint density at radius 1 is 1.35 bits per heavy atom. The van der Waals surface area contributed by atoms with Gasteiger partial charge in [0, 0.05) is 0 Å². The number of carbonyl (C=O) groups excluding carboxylic acids is 1. The Balaban J connectivity index is 2.48. The van der Waals surface area contributed by atoms with E-state index < -0.39 is 16.0 Å². The van der Waals surface area contributed by atoms with Crippen LogP contribution < -0.4 is 15.2 Å². The Morgan fingerprint density at radius 2 is 2.00 bits per heavy atom. The topological polar surface area (TPSA) is 103 Å². The van der Waals surface area contributed by atoms with Gasteiger partial charge in [-0.15, -0.1) is 0 Å². The summed E-state index contributed by atoms with van der Waals surface area (Å²) in [5.41, 5.74) is -0.187. The second-order valence-electron chi connectivity index (χ2n) is 4.42. The number of quaternary nitrogens is 1. The molecule has 110 valence electrons. The van der Waals surface area contributed by atoms with Gasteiger partial charge in [-0.05, 0) is 23.8 Å². The van der Waals surface area contributed by atoms with Crippen molar-refractivity contribution in [3.8, 4) is 5.75 Å². The quantitative estimate of drug-likeness (QED) is 0.669. The highest BCUT2D eigenvalue weighted by Gasteiger charge is 2.30. The number of rotatable bonds is 4. The highest BCUT2D eigenvalue weighted by atomic mass is 32.2. The highest BCUT2D eigenvalue weighted by Crippen LogP contribution is 2.27. The number of carboxylic acid groups (broad SMARTS) is 1. The second-order valence-corrected chi connectivity index (χ2v) is 6.33. The van der Waals surface area contributed by atoms with Crippen LogP contribution in [0.3, 0.4) is 0 Å². The number of piperazine rings is 1. The molecule has 0 atom stereocenters. The lowest BCUT2D eigenvalue weighted by Crippen LogP contribution is -2.89. The smallest absolute Gasteiger partial charge is 0.247 e. The number of hydrogen-bond donors (Lipinski definition) is 1. The minimum atomic E-state index is -3.76. The number of ether oxygens (including phenoxy) is 1. The molecular formula is C12H16N2O5S. The van der Waals surface area contributed by atoms with Gasteiger partial charge in [-0.25, -0.2) is 8.42 Å². The van der Waals surface area contributed by atoms with Crippen LogP contribution in [0.15, 0.2) is 23.1 Å². The number of methoxy groups -OCH3 is 1. The van der Waals surface area contributed by atoms with Crippen LogP contribution in [0, 0.1) is 0 Å². The van der Waals surface area contributed by atoms with E-state index in [1.54, 1.807) is 0 Å². The standard InChI is InChI=1S/C12H16N2O5S/c1-19-10-3-2-9(12(15)16)8-11(10)20(17,18)14-6-4-13-5-7-14/h2-3,8,13H,4-7H2,1H3,(H,15,16). The molecule has 0 unspecified atom stereocenters. The molecule has 1 fully saturated rings. The lowest BCUT2D eigenvalue weighted by Gasteiger charge is -2.25. The van der Waals surface area contributed by atoms with E-state index in [4.69, 9.17) is 4.74 Å². The first kappa shape index (κ1) is 14.8. The Hall–Kier alpha value is -1.64. The molecule has 20 heavy (non-hydrogen) atoms. The van der Waals surface area contributed by atoms with Gasteiger partial charge in [0.25, 0.3) is 0 Å². The van der Waals surface area contributed by atoms with Gasteiger partial charge in [0.1, 0.15) is 10.6 Å². The summed E-state index contributed by atoms with van der Waals surface area (Å²) in [5.74, 6) is -1.29. The van der Waals surface area contributed by atoms with E-state index in [2.05, 4.69) is 0 Å². The highest BCUT2D eigenvalue weighted by molar-refractivity contribution is 7.89. The minimum absolute atomic E-state index is 0.129. The van der Waals surface area contributed by atoms with Crippen molar-refractivity contribution in [1.82, 2.24) is 4.31 Å². The summed E-state index contributed by atoms with van der Waals surface area (Å²) in [6, 6.07) is 3.67. The third-order valence-corrected chi connectivity index (χ3v) is 5.10. The van der Waals surface area contributed by atoms with Crippen molar-refractivity contribution in [3.63, 3.8) is 0 Å². The van der Waals surface area contributed by atoms with E-state index in [0.717, 1.165) is 6.07 Å². The van der Waals surface area contributed by atoms with Crippen molar-refractivity contribution >= 4 is 16.0 Å². The fraction of sp³-hybridized carbons (Fsp3) is 0.417. The maximum absolute atomic E-state index is 12.6. The largest absolute Gasteiger partial charge is 0.545 e. The van der Waals surface area contributed by atoms with Gasteiger partial charge in [0.15, 0.2) is 0 Å². The number of sulfonamides is 1. The van der Waals surface area contributed by atoms with Crippen LogP contribution in [0.4, 0.5) is 0 Å². The predicted octanol–water partition coefficient (Wildman–Crippen LogP) is -2.37. The molecule has 0 bridgehead atoms. The van der Waals surface area contributed by atoms with Gasteiger partial charge in [0.05, 0.1) is 39.3 Å². The van der Waals surface area contributed by atoms with Crippen molar-refractivity contribution in [2.24, 2.45) is 0 Å². The van der Waals surface area contributed by atoms with E-state index in [1.165, 1.54) is 23.5 Å². The third-order valence-electron chi connectivity index (χ3n) is 3.18.